The molecule has 0 aromatic heterocycles. The summed E-state index contributed by atoms with van der Waals surface area (Å²) in [5, 5.41) is 7.42. The summed E-state index contributed by atoms with van der Waals surface area (Å²) in [6.45, 7) is 1.08. The molecule has 0 aliphatic heterocycles. The molecular weight excluding hydrogens is 238 g/mol. The predicted octanol–water partition coefficient (Wildman–Crippen LogP) is -0.152. The van der Waals surface area contributed by atoms with Crippen molar-refractivity contribution in [3.8, 4) is 0 Å². The summed E-state index contributed by atoms with van der Waals surface area (Å²) >= 11 is -2.27. The molecule has 4 nitrogen and oxygen atoms in total. The van der Waals surface area contributed by atoms with E-state index in [0.717, 1.165) is 6.92 Å². The van der Waals surface area contributed by atoms with E-state index in [1.165, 1.54) is 0 Å². The molecule has 0 bridgehead atoms. The van der Waals surface area contributed by atoms with E-state index in [-0.39, 0.29) is 16.5 Å². The SMILES string of the molecule is CC(=O)O.[Ni].[O]=[Zr]=[O]. The van der Waals surface area contributed by atoms with Crippen molar-refractivity contribution >= 4 is 5.97 Å². The molecule has 8 heavy (non-hydrogen) atoms. The standard InChI is InChI=1S/C2H4O2.Ni.2O.Zr/c1-2(3)4;;;;/h1H3,(H,3,4);;;;. The summed E-state index contributed by atoms with van der Waals surface area (Å²) in [4.78, 5) is 9.00. The van der Waals surface area contributed by atoms with E-state index in [9.17, 15) is 0 Å². The summed E-state index contributed by atoms with van der Waals surface area (Å²) < 4.78 is 17.1. The summed E-state index contributed by atoms with van der Waals surface area (Å²) in [6, 6.07) is 0. The Labute approximate surface area is 68.0 Å². The van der Waals surface area contributed by atoms with Gasteiger partial charge < -0.3 is 5.11 Å². The molecule has 0 amide bonds. The monoisotopic (exact) mass is 240 g/mol. The van der Waals surface area contributed by atoms with Crippen LogP contribution in [-0.4, -0.2) is 11.1 Å². The molecule has 0 heterocycles. The molecule has 0 aromatic carbocycles. The topological polar surface area (TPSA) is 71.4 Å². The van der Waals surface area contributed by atoms with Crippen LogP contribution in [0.25, 0.3) is 0 Å². The van der Waals surface area contributed by atoms with Gasteiger partial charge in [0, 0.05) is 23.4 Å². The van der Waals surface area contributed by atoms with Crippen molar-refractivity contribution in [3.63, 3.8) is 0 Å². The van der Waals surface area contributed by atoms with Gasteiger partial charge in [-0.05, 0) is 0 Å². The molecule has 0 rings (SSSR count). The number of aliphatic carboxylic acids is 1. The first-order valence-electron chi connectivity index (χ1n) is 1.34. The fraction of sp³-hybridized carbons (Fsp3) is 0.500. The van der Waals surface area contributed by atoms with Crippen molar-refractivity contribution in [1.29, 1.82) is 0 Å². The zero-order chi connectivity index (χ0) is 6.28. The molecule has 0 aliphatic carbocycles. The first-order chi connectivity index (χ1) is 3.15. The van der Waals surface area contributed by atoms with Crippen molar-refractivity contribution in [3.05, 3.63) is 0 Å². The van der Waals surface area contributed by atoms with Crippen LogP contribution >= 0.6 is 0 Å². The van der Waals surface area contributed by atoms with Crippen molar-refractivity contribution < 1.29 is 55.3 Å². The Morgan fingerprint density at radius 2 is 1.50 bits per heavy atom. The maximum atomic E-state index is 9.00. The first kappa shape index (κ1) is 15.8. The van der Waals surface area contributed by atoms with E-state index >= 15 is 0 Å². The minimum atomic E-state index is -2.27. The Kier molecular flexibility index (Phi) is 30.9. The van der Waals surface area contributed by atoms with Gasteiger partial charge in [-0.2, -0.15) is 0 Å². The number of carbonyl (C=O) groups is 1. The Bertz CT molecular complexity index is 82.0. The van der Waals surface area contributed by atoms with Gasteiger partial charge in [0.25, 0.3) is 5.97 Å². The van der Waals surface area contributed by atoms with Gasteiger partial charge in [-0.3, -0.25) is 4.79 Å². The summed E-state index contributed by atoms with van der Waals surface area (Å²) in [7, 11) is 0. The molecule has 0 saturated heterocycles. The number of carboxylic acids is 1. The number of carboxylic acid groups (broad SMARTS) is 1. The summed E-state index contributed by atoms with van der Waals surface area (Å²) in [5.74, 6) is -0.833. The molecule has 0 unspecified atom stereocenters. The quantitative estimate of drug-likeness (QED) is 0.599. The summed E-state index contributed by atoms with van der Waals surface area (Å²) in [5.41, 5.74) is 0. The molecule has 1 N–H and O–H groups in total. The molecule has 0 atom stereocenters. The van der Waals surface area contributed by atoms with Gasteiger partial charge in [-0.25, -0.2) is 0 Å². The number of rotatable bonds is 0. The van der Waals surface area contributed by atoms with Gasteiger partial charge >= 0.3 is 28.9 Å². The normalized spacial score (nSPS) is 4.12. The van der Waals surface area contributed by atoms with Crippen LogP contribution in [0.4, 0.5) is 0 Å². The van der Waals surface area contributed by atoms with Crippen LogP contribution in [0.1, 0.15) is 6.92 Å². The summed E-state index contributed by atoms with van der Waals surface area (Å²) in [6.07, 6.45) is 0. The molecule has 0 saturated carbocycles. The Hall–Kier alpha value is 0.447. The Balaban J connectivity index is -0.0000000575. The average Bonchev–Trinajstić information content (AvgIpc) is 1.33. The molecule has 0 aromatic rings. The van der Waals surface area contributed by atoms with E-state index in [1.54, 1.807) is 0 Å². The van der Waals surface area contributed by atoms with Crippen LogP contribution in [0.2, 0.25) is 0 Å². The van der Waals surface area contributed by atoms with Crippen LogP contribution < -0.4 is 0 Å². The first-order valence-corrected chi connectivity index (χ1v) is 3.34. The maximum absolute atomic E-state index is 9.00. The van der Waals surface area contributed by atoms with E-state index in [1.807, 2.05) is 0 Å². The Morgan fingerprint density at radius 3 is 1.50 bits per heavy atom. The molecule has 50 valence electrons. The van der Waals surface area contributed by atoms with E-state index in [2.05, 4.69) is 0 Å². The van der Waals surface area contributed by atoms with Gasteiger partial charge in [-0.15, -0.1) is 0 Å². The second kappa shape index (κ2) is 15.7. The molecule has 0 fully saturated rings. The van der Waals surface area contributed by atoms with Gasteiger partial charge in [0.1, 0.15) is 0 Å². The molecule has 0 radical (unpaired) electrons. The van der Waals surface area contributed by atoms with Crippen LogP contribution in [0.5, 0.6) is 0 Å². The third-order valence-electron chi connectivity index (χ3n) is 0. The van der Waals surface area contributed by atoms with Crippen LogP contribution in [0.15, 0.2) is 0 Å². The fourth-order valence-corrected chi connectivity index (χ4v) is 0. The second-order valence-electron chi connectivity index (χ2n) is 0.602. The van der Waals surface area contributed by atoms with Crippen molar-refractivity contribution in [2.45, 2.75) is 6.92 Å². The molecule has 0 aliphatic rings. The predicted molar refractivity (Wildman–Crippen MR) is 14.7 cm³/mol. The average molecular weight is 242 g/mol. The van der Waals surface area contributed by atoms with Crippen molar-refractivity contribution in [2.24, 2.45) is 0 Å². The van der Waals surface area contributed by atoms with Gasteiger partial charge in [0.05, 0.1) is 0 Å². The van der Waals surface area contributed by atoms with Crippen LogP contribution in [0, 0.1) is 0 Å². The Morgan fingerprint density at radius 1 is 1.50 bits per heavy atom. The molecule has 6 heteroatoms. The van der Waals surface area contributed by atoms with Crippen molar-refractivity contribution in [1.82, 2.24) is 0 Å². The third-order valence-corrected chi connectivity index (χ3v) is 0. The van der Waals surface area contributed by atoms with E-state index in [4.69, 9.17) is 15.5 Å². The van der Waals surface area contributed by atoms with Crippen molar-refractivity contribution in [2.75, 3.05) is 0 Å². The zero-order valence-electron chi connectivity index (χ0n) is 3.99. The minimum absolute atomic E-state index is 0. The number of hydrogen-bond acceptors (Lipinski definition) is 3. The van der Waals surface area contributed by atoms with Gasteiger partial charge in [-0.1, -0.05) is 0 Å². The van der Waals surface area contributed by atoms with Crippen LogP contribution in [0.3, 0.4) is 0 Å². The number of hydrogen-bond donors (Lipinski definition) is 1. The second-order valence-corrected chi connectivity index (χ2v) is 1.01. The molecular formula is C2H4NiO4Zr. The zero-order valence-corrected chi connectivity index (χ0v) is 7.43. The third kappa shape index (κ3) is 959. The fourth-order valence-electron chi connectivity index (χ4n) is 0. The van der Waals surface area contributed by atoms with Gasteiger partial charge in [0.2, 0.25) is 0 Å². The van der Waals surface area contributed by atoms with E-state index < -0.39 is 29.2 Å². The van der Waals surface area contributed by atoms with Gasteiger partial charge in [0.15, 0.2) is 0 Å². The molecule has 0 spiro atoms. The van der Waals surface area contributed by atoms with E-state index in [0.29, 0.717) is 0 Å². The van der Waals surface area contributed by atoms with Crippen LogP contribution in [-0.2, 0) is 50.2 Å².